The highest BCUT2D eigenvalue weighted by molar-refractivity contribution is 7.97. The molecular weight excluding hydrogens is 112 g/mol. The zero-order chi connectivity index (χ0) is 5.28. The predicted molar refractivity (Wildman–Crippen MR) is 28.4 cm³/mol. The average molecular weight is 120 g/mol. The number of nitrogens with two attached hydrogens (primary N) is 1. The van der Waals surface area contributed by atoms with E-state index in [4.69, 9.17) is 11.0 Å². The summed E-state index contributed by atoms with van der Waals surface area (Å²) < 4.78 is 0.678. The first-order valence-electron chi connectivity index (χ1n) is 2.19. The van der Waals surface area contributed by atoms with Crippen molar-refractivity contribution in [1.82, 2.24) is 4.58 Å². The fraction of sp³-hybridized carbons (Fsp3) is 1.00. The normalized spacial score (nSPS) is 21.0. The molecule has 0 saturated heterocycles. The third kappa shape index (κ3) is 2.13. The molecular formula is C3H8N2OS. The van der Waals surface area contributed by atoms with Gasteiger partial charge in [-0.3, -0.25) is 5.21 Å². The summed E-state index contributed by atoms with van der Waals surface area (Å²) in [5.74, 6) is 4.89. The molecule has 1 aliphatic carbocycles. The van der Waals surface area contributed by atoms with Gasteiger partial charge in [-0.25, -0.2) is 5.84 Å². The highest BCUT2D eigenvalue weighted by Gasteiger charge is 2.23. The summed E-state index contributed by atoms with van der Waals surface area (Å²) in [6, 6.07) is 0. The smallest absolute Gasteiger partial charge is 0.0232 e. The molecule has 3 N–H and O–H groups in total. The van der Waals surface area contributed by atoms with Crippen molar-refractivity contribution in [3.63, 3.8) is 0 Å². The van der Waals surface area contributed by atoms with Crippen molar-refractivity contribution in [1.29, 1.82) is 0 Å². The number of nitrogens with zero attached hydrogens (tertiary/aromatic N) is 1. The van der Waals surface area contributed by atoms with Crippen molar-refractivity contribution in [3.8, 4) is 0 Å². The lowest BCUT2D eigenvalue weighted by Crippen LogP contribution is -2.18. The maximum absolute atomic E-state index is 8.34. The monoisotopic (exact) mass is 120 g/mol. The van der Waals surface area contributed by atoms with Crippen LogP contribution < -0.4 is 5.84 Å². The van der Waals surface area contributed by atoms with Gasteiger partial charge in [0.1, 0.15) is 0 Å². The zero-order valence-electron chi connectivity index (χ0n) is 3.87. The lowest BCUT2D eigenvalue weighted by Gasteiger charge is -2.01. The van der Waals surface area contributed by atoms with E-state index in [2.05, 4.69) is 0 Å². The van der Waals surface area contributed by atoms with E-state index in [1.807, 2.05) is 0 Å². The van der Waals surface area contributed by atoms with Crippen molar-refractivity contribution < 1.29 is 5.21 Å². The van der Waals surface area contributed by atoms with Crippen LogP contribution in [-0.2, 0) is 0 Å². The SMILES string of the molecule is NN(O)SC1CC1. The Kier molecular flexibility index (Phi) is 1.53. The highest BCUT2D eigenvalue weighted by Crippen LogP contribution is 2.33. The fourth-order valence-corrected chi connectivity index (χ4v) is 0.979. The molecule has 7 heavy (non-hydrogen) atoms. The summed E-state index contributed by atoms with van der Waals surface area (Å²) in [5, 5.41) is 8.93. The van der Waals surface area contributed by atoms with E-state index >= 15 is 0 Å². The van der Waals surface area contributed by atoms with Crippen LogP contribution in [0.4, 0.5) is 0 Å². The van der Waals surface area contributed by atoms with Gasteiger partial charge in [0.05, 0.1) is 0 Å². The summed E-state index contributed by atoms with van der Waals surface area (Å²) in [4.78, 5) is 0. The molecule has 3 nitrogen and oxygen atoms in total. The van der Waals surface area contributed by atoms with Crippen LogP contribution in [0.15, 0.2) is 0 Å². The number of rotatable bonds is 2. The van der Waals surface area contributed by atoms with Gasteiger partial charge in [-0.2, -0.15) is 0 Å². The largest absolute Gasteiger partial charge is 0.289 e. The van der Waals surface area contributed by atoms with Gasteiger partial charge in [0.2, 0.25) is 0 Å². The van der Waals surface area contributed by atoms with Crippen molar-refractivity contribution in [2.24, 2.45) is 5.84 Å². The predicted octanol–water partition coefficient (Wildman–Crippen LogP) is 0.362. The van der Waals surface area contributed by atoms with Crippen LogP contribution in [0.5, 0.6) is 0 Å². The second kappa shape index (κ2) is 2.00. The van der Waals surface area contributed by atoms with Crippen molar-refractivity contribution >= 4 is 11.9 Å². The molecule has 0 aliphatic heterocycles. The minimum absolute atomic E-state index is 0.593. The van der Waals surface area contributed by atoms with E-state index in [0.29, 0.717) is 9.83 Å². The van der Waals surface area contributed by atoms with Gasteiger partial charge in [-0.1, -0.05) is 4.58 Å². The Morgan fingerprint density at radius 1 is 1.71 bits per heavy atom. The van der Waals surface area contributed by atoms with E-state index in [1.165, 1.54) is 24.8 Å². The van der Waals surface area contributed by atoms with E-state index in [1.54, 1.807) is 0 Å². The molecule has 0 aromatic carbocycles. The number of hydrogen-bond acceptors (Lipinski definition) is 4. The van der Waals surface area contributed by atoms with Crippen LogP contribution in [0.1, 0.15) is 12.8 Å². The Bertz CT molecular complexity index is 64.0. The molecule has 0 aromatic heterocycles. The van der Waals surface area contributed by atoms with Gasteiger partial charge in [0.15, 0.2) is 0 Å². The van der Waals surface area contributed by atoms with Gasteiger partial charge in [-0.15, -0.1) is 0 Å². The summed E-state index contributed by atoms with van der Waals surface area (Å²) >= 11 is 1.29. The first kappa shape index (κ1) is 5.37. The molecule has 42 valence electrons. The van der Waals surface area contributed by atoms with E-state index < -0.39 is 0 Å². The molecule has 1 rings (SSSR count). The average Bonchev–Trinajstić information content (AvgIpc) is 2.17. The zero-order valence-corrected chi connectivity index (χ0v) is 4.69. The summed E-state index contributed by atoms with van der Waals surface area (Å²) in [5.41, 5.74) is 0. The van der Waals surface area contributed by atoms with Crippen LogP contribution in [0, 0.1) is 0 Å². The Morgan fingerprint density at radius 2 is 2.29 bits per heavy atom. The highest BCUT2D eigenvalue weighted by atomic mass is 32.2. The molecule has 0 radical (unpaired) electrons. The topological polar surface area (TPSA) is 49.5 Å². The van der Waals surface area contributed by atoms with Crippen LogP contribution in [0.3, 0.4) is 0 Å². The lowest BCUT2D eigenvalue weighted by atomic mass is 11.0. The lowest BCUT2D eigenvalue weighted by molar-refractivity contribution is 0.0163. The van der Waals surface area contributed by atoms with Gasteiger partial charge in [0, 0.05) is 5.25 Å². The Hall–Kier alpha value is 0.230. The molecule has 1 aliphatic rings. The maximum atomic E-state index is 8.34. The van der Waals surface area contributed by atoms with E-state index in [0.717, 1.165) is 0 Å². The molecule has 1 fully saturated rings. The van der Waals surface area contributed by atoms with Gasteiger partial charge in [0.25, 0.3) is 0 Å². The van der Waals surface area contributed by atoms with Crippen LogP contribution in [0.2, 0.25) is 0 Å². The number of hydrazine groups is 1. The van der Waals surface area contributed by atoms with Crippen molar-refractivity contribution in [2.45, 2.75) is 18.1 Å². The summed E-state index contributed by atoms with van der Waals surface area (Å²) in [6.45, 7) is 0. The second-order valence-electron chi connectivity index (χ2n) is 1.61. The summed E-state index contributed by atoms with van der Waals surface area (Å²) in [7, 11) is 0. The molecule has 0 aromatic rings. The third-order valence-electron chi connectivity index (χ3n) is 0.781. The molecule has 0 heterocycles. The van der Waals surface area contributed by atoms with Crippen molar-refractivity contribution in [3.05, 3.63) is 0 Å². The Balaban J connectivity index is 1.97. The second-order valence-corrected chi connectivity index (χ2v) is 2.86. The van der Waals surface area contributed by atoms with E-state index in [-0.39, 0.29) is 0 Å². The first-order valence-corrected chi connectivity index (χ1v) is 3.03. The van der Waals surface area contributed by atoms with Crippen LogP contribution in [0.25, 0.3) is 0 Å². The molecule has 0 atom stereocenters. The standard InChI is InChI=1S/C3H8N2OS/c4-5(6)7-3-1-2-3/h3,6H,1-2,4H2. The third-order valence-corrected chi connectivity index (χ3v) is 1.77. The quantitative estimate of drug-likeness (QED) is 0.314. The molecule has 0 spiro atoms. The minimum atomic E-state index is 0.593. The van der Waals surface area contributed by atoms with Crippen molar-refractivity contribution in [2.75, 3.05) is 0 Å². The minimum Gasteiger partial charge on any atom is -0.289 e. The van der Waals surface area contributed by atoms with Crippen LogP contribution in [-0.4, -0.2) is 15.0 Å². The maximum Gasteiger partial charge on any atom is 0.0232 e. The molecule has 0 amide bonds. The fourth-order valence-electron chi connectivity index (χ4n) is 0.326. The summed E-state index contributed by atoms with van der Waals surface area (Å²) in [6.07, 6.45) is 2.39. The van der Waals surface area contributed by atoms with E-state index in [9.17, 15) is 0 Å². The Labute approximate surface area is 46.5 Å². The number of hydrogen-bond donors (Lipinski definition) is 2. The molecule has 4 heteroatoms. The molecule has 0 bridgehead atoms. The van der Waals surface area contributed by atoms with Gasteiger partial charge < -0.3 is 0 Å². The van der Waals surface area contributed by atoms with Crippen LogP contribution >= 0.6 is 11.9 Å². The van der Waals surface area contributed by atoms with Gasteiger partial charge >= 0.3 is 0 Å². The first-order chi connectivity index (χ1) is 3.29. The molecule has 0 unspecified atom stereocenters. The van der Waals surface area contributed by atoms with Gasteiger partial charge in [-0.05, 0) is 24.8 Å². The molecule has 1 saturated carbocycles. The Morgan fingerprint density at radius 3 is 2.43 bits per heavy atom.